The van der Waals surface area contributed by atoms with E-state index in [2.05, 4.69) is 24.5 Å². The zero-order valence-corrected chi connectivity index (χ0v) is 12.8. The summed E-state index contributed by atoms with van der Waals surface area (Å²) in [6.07, 6.45) is 1.96. The van der Waals surface area contributed by atoms with Crippen LogP contribution in [-0.2, 0) is 9.59 Å². The zero-order valence-electron chi connectivity index (χ0n) is 12.8. The van der Waals surface area contributed by atoms with E-state index in [9.17, 15) is 9.59 Å². The number of nitrogens with one attached hydrogen (secondary N) is 2. The van der Waals surface area contributed by atoms with Gasteiger partial charge in [0.05, 0.1) is 19.1 Å². The third-order valence-electron chi connectivity index (χ3n) is 3.63. The van der Waals surface area contributed by atoms with Gasteiger partial charge in [0, 0.05) is 0 Å². The smallest absolute Gasteiger partial charge is 0.239 e. The van der Waals surface area contributed by atoms with Crippen LogP contribution in [0, 0.1) is 5.92 Å². The van der Waals surface area contributed by atoms with Crippen LogP contribution in [0.2, 0.25) is 0 Å². The van der Waals surface area contributed by atoms with E-state index < -0.39 is 0 Å². The van der Waals surface area contributed by atoms with Gasteiger partial charge in [-0.3, -0.25) is 9.59 Å². The van der Waals surface area contributed by atoms with Crippen LogP contribution in [0.1, 0.15) is 38.3 Å². The van der Waals surface area contributed by atoms with E-state index in [-0.39, 0.29) is 30.9 Å². The predicted molar refractivity (Wildman–Crippen MR) is 83.5 cm³/mol. The second-order valence-electron chi connectivity index (χ2n) is 5.01. The molecular weight excluding hydrogens is 266 g/mol. The molecule has 1 rings (SSSR count). The molecule has 2 amide bonds. The van der Waals surface area contributed by atoms with E-state index in [1.54, 1.807) is 0 Å². The molecule has 21 heavy (non-hydrogen) atoms. The molecule has 0 aliphatic carbocycles. The zero-order chi connectivity index (χ0) is 15.7. The highest BCUT2D eigenvalue weighted by Gasteiger charge is 2.22. The Hall–Kier alpha value is -1.88. The van der Waals surface area contributed by atoms with Gasteiger partial charge in [-0.05, 0) is 11.5 Å². The minimum absolute atomic E-state index is 0.0384. The molecule has 0 aliphatic rings. The molecule has 1 atom stereocenters. The summed E-state index contributed by atoms with van der Waals surface area (Å²) in [4.78, 5) is 23.1. The first-order valence-electron chi connectivity index (χ1n) is 7.43. The van der Waals surface area contributed by atoms with E-state index in [0.717, 1.165) is 18.4 Å². The molecule has 1 aromatic rings. The molecular formula is C16H25N3O2. The molecule has 0 aromatic heterocycles. The monoisotopic (exact) mass is 291 g/mol. The average Bonchev–Trinajstić information content (AvgIpc) is 2.53. The highest BCUT2D eigenvalue weighted by atomic mass is 16.2. The lowest BCUT2D eigenvalue weighted by Crippen LogP contribution is -2.42. The largest absolute Gasteiger partial charge is 0.347 e. The quantitative estimate of drug-likeness (QED) is 0.676. The van der Waals surface area contributed by atoms with Crippen molar-refractivity contribution in [1.29, 1.82) is 0 Å². The van der Waals surface area contributed by atoms with E-state index in [0.29, 0.717) is 5.92 Å². The summed E-state index contributed by atoms with van der Waals surface area (Å²) in [6.45, 7) is 4.08. The van der Waals surface area contributed by atoms with Crippen molar-refractivity contribution in [3.05, 3.63) is 35.9 Å². The van der Waals surface area contributed by atoms with Crippen LogP contribution >= 0.6 is 0 Å². The lowest BCUT2D eigenvalue weighted by molar-refractivity contribution is -0.126. The Morgan fingerprint density at radius 2 is 1.71 bits per heavy atom. The van der Waals surface area contributed by atoms with E-state index >= 15 is 0 Å². The molecule has 0 spiro atoms. The first-order valence-corrected chi connectivity index (χ1v) is 7.43. The molecule has 4 N–H and O–H groups in total. The normalized spacial score (nSPS) is 12.0. The Morgan fingerprint density at radius 1 is 1.10 bits per heavy atom. The van der Waals surface area contributed by atoms with Gasteiger partial charge in [0.25, 0.3) is 0 Å². The number of carbonyl (C=O) groups excluding carboxylic acids is 2. The van der Waals surface area contributed by atoms with Crippen LogP contribution < -0.4 is 16.4 Å². The van der Waals surface area contributed by atoms with Crippen molar-refractivity contribution in [1.82, 2.24) is 10.6 Å². The van der Waals surface area contributed by atoms with E-state index in [4.69, 9.17) is 5.73 Å². The molecule has 0 heterocycles. The summed E-state index contributed by atoms with van der Waals surface area (Å²) in [6, 6.07) is 9.88. The van der Waals surface area contributed by atoms with Crippen LogP contribution in [0.5, 0.6) is 0 Å². The Balaban J connectivity index is 2.74. The van der Waals surface area contributed by atoms with Gasteiger partial charge in [-0.15, -0.1) is 0 Å². The molecule has 1 unspecified atom stereocenters. The summed E-state index contributed by atoms with van der Waals surface area (Å²) in [5.41, 5.74) is 6.29. The molecule has 0 saturated heterocycles. The van der Waals surface area contributed by atoms with E-state index in [1.165, 1.54) is 0 Å². The first-order chi connectivity index (χ1) is 10.1. The summed E-state index contributed by atoms with van der Waals surface area (Å²) in [5, 5.41) is 5.51. The molecule has 0 radical (unpaired) electrons. The SMILES string of the molecule is CCC(CC)C(NC(=O)CNC(=O)CN)c1ccccc1. The van der Waals surface area contributed by atoms with Crippen LogP contribution in [-0.4, -0.2) is 24.9 Å². The highest BCUT2D eigenvalue weighted by Crippen LogP contribution is 2.27. The fraction of sp³-hybridized carbons (Fsp3) is 0.500. The number of benzene rings is 1. The maximum atomic E-state index is 12.0. The minimum Gasteiger partial charge on any atom is -0.347 e. The highest BCUT2D eigenvalue weighted by molar-refractivity contribution is 5.85. The molecule has 0 fully saturated rings. The Kier molecular flexibility index (Phi) is 7.46. The van der Waals surface area contributed by atoms with Gasteiger partial charge in [0.15, 0.2) is 0 Å². The number of hydrogen-bond donors (Lipinski definition) is 3. The molecule has 5 heteroatoms. The number of hydrogen-bond acceptors (Lipinski definition) is 3. The number of amides is 2. The van der Waals surface area contributed by atoms with Crippen LogP contribution in [0.25, 0.3) is 0 Å². The standard InChI is InChI=1S/C16H25N3O2/c1-3-12(4-2)16(13-8-6-5-7-9-13)19-15(21)11-18-14(20)10-17/h5-9,12,16H,3-4,10-11,17H2,1-2H3,(H,18,20)(H,19,21). The Labute approximate surface area is 126 Å². The van der Waals surface area contributed by atoms with Crippen LogP contribution in [0.4, 0.5) is 0 Å². The van der Waals surface area contributed by atoms with Gasteiger partial charge in [0.1, 0.15) is 0 Å². The van der Waals surface area contributed by atoms with Gasteiger partial charge in [-0.25, -0.2) is 0 Å². The fourth-order valence-corrected chi connectivity index (χ4v) is 2.37. The van der Waals surface area contributed by atoms with Crippen molar-refractivity contribution in [2.24, 2.45) is 11.7 Å². The second-order valence-corrected chi connectivity index (χ2v) is 5.01. The molecule has 116 valence electrons. The molecule has 1 aromatic carbocycles. The second kappa shape index (κ2) is 9.13. The maximum absolute atomic E-state index is 12.0. The van der Waals surface area contributed by atoms with Gasteiger partial charge in [-0.2, -0.15) is 0 Å². The molecule has 0 bridgehead atoms. The lowest BCUT2D eigenvalue weighted by Gasteiger charge is -2.27. The Bertz CT molecular complexity index is 444. The van der Waals surface area contributed by atoms with Gasteiger partial charge in [-0.1, -0.05) is 57.0 Å². The Morgan fingerprint density at radius 3 is 2.24 bits per heavy atom. The molecule has 5 nitrogen and oxygen atoms in total. The van der Waals surface area contributed by atoms with Crippen LogP contribution in [0.15, 0.2) is 30.3 Å². The topological polar surface area (TPSA) is 84.2 Å². The predicted octanol–water partition coefficient (Wildman–Crippen LogP) is 1.36. The van der Waals surface area contributed by atoms with Crippen molar-refractivity contribution >= 4 is 11.8 Å². The van der Waals surface area contributed by atoms with Crippen molar-refractivity contribution < 1.29 is 9.59 Å². The molecule has 0 saturated carbocycles. The molecule has 0 aliphatic heterocycles. The van der Waals surface area contributed by atoms with Gasteiger partial charge < -0.3 is 16.4 Å². The third kappa shape index (κ3) is 5.55. The number of nitrogens with two attached hydrogens (primary N) is 1. The number of rotatable bonds is 8. The summed E-state index contributed by atoms with van der Waals surface area (Å²) in [5.74, 6) is -0.164. The summed E-state index contributed by atoms with van der Waals surface area (Å²) >= 11 is 0. The van der Waals surface area contributed by atoms with Crippen molar-refractivity contribution in [3.63, 3.8) is 0 Å². The van der Waals surface area contributed by atoms with Gasteiger partial charge in [0.2, 0.25) is 11.8 Å². The summed E-state index contributed by atoms with van der Waals surface area (Å²) < 4.78 is 0. The fourth-order valence-electron chi connectivity index (χ4n) is 2.37. The van der Waals surface area contributed by atoms with Gasteiger partial charge >= 0.3 is 0 Å². The van der Waals surface area contributed by atoms with Crippen molar-refractivity contribution in [2.45, 2.75) is 32.7 Å². The average molecular weight is 291 g/mol. The lowest BCUT2D eigenvalue weighted by atomic mass is 9.89. The van der Waals surface area contributed by atoms with E-state index in [1.807, 2.05) is 30.3 Å². The number of carbonyl (C=O) groups is 2. The first kappa shape index (κ1) is 17.2. The van der Waals surface area contributed by atoms with Crippen LogP contribution in [0.3, 0.4) is 0 Å². The summed E-state index contributed by atoms with van der Waals surface area (Å²) in [7, 11) is 0. The van der Waals surface area contributed by atoms with Crippen molar-refractivity contribution in [2.75, 3.05) is 13.1 Å². The minimum atomic E-state index is -0.330. The maximum Gasteiger partial charge on any atom is 0.239 e. The third-order valence-corrected chi connectivity index (χ3v) is 3.63. The van der Waals surface area contributed by atoms with Crippen molar-refractivity contribution in [3.8, 4) is 0 Å².